The second-order valence-electron chi connectivity index (χ2n) is 6.26. The maximum atomic E-state index is 12.2. The number of carbonyl (C=O) groups excluding carboxylic acids is 3. The number of esters is 2. The highest BCUT2D eigenvalue weighted by Crippen LogP contribution is 2.43. The molecule has 0 saturated carbocycles. The number of amides is 1. The van der Waals surface area contributed by atoms with Gasteiger partial charge in [-0.25, -0.2) is 4.79 Å². The van der Waals surface area contributed by atoms with Crippen LogP contribution in [0.1, 0.15) is 40.5 Å². The zero-order chi connectivity index (χ0) is 16.5. The van der Waals surface area contributed by atoms with Gasteiger partial charge in [-0.1, -0.05) is 6.92 Å². The molecule has 2 aliphatic heterocycles. The minimum absolute atomic E-state index is 0.0599. The summed E-state index contributed by atoms with van der Waals surface area (Å²) in [5.41, 5.74) is -0.333. The van der Waals surface area contributed by atoms with E-state index in [1.165, 1.54) is 4.90 Å². The molecule has 0 N–H and O–H groups in total. The molecule has 1 unspecified atom stereocenters. The van der Waals surface area contributed by atoms with Crippen molar-refractivity contribution in [2.75, 3.05) is 12.5 Å². The second kappa shape index (κ2) is 6.32. The lowest BCUT2D eigenvalue weighted by molar-refractivity contribution is -0.173. The molecule has 7 heteroatoms. The Labute approximate surface area is 134 Å². The lowest BCUT2D eigenvalue weighted by Crippen LogP contribution is -2.49. The molecule has 6 nitrogen and oxygen atoms in total. The van der Waals surface area contributed by atoms with Gasteiger partial charge >= 0.3 is 11.9 Å². The highest BCUT2D eigenvalue weighted by atomic mass is 32.2. The van der Waals surface area contributed by atoms with E-state index >= 15 is 0 Å². The van der Waals surface area contributed by atoms with Crippen LogP contribution in [0.4, 0.5) is 0 Å². The van der Waals surface area contributed by atoms with Gasteiger partial charge in [0.15, 0.2) is 0 Å². The molecule has 1 fully saturated rings. The Morgan fingerprint density at radius 2 is 1.95 bits per heavy atom. The quantitative estimate of drug-likeness (QED) is 0.437. The third-order valence-corrected chi connectivity index (χ3v) is 4.47. The Kier molecular flexibility index (Phi) is 4.84. The summed E-state index contributed by atoms with van der Waals surface area (Å²) in [6.07, 6.45) is 1.18. The smallest absolute Gasteiger partial charge is 0.358 e. The molecule has 122 valence electrons. The summed E-state index contributed by atoms with van der Waals surface area (Å²) in [7, 11) is 0. The average Bonchev–Trinajstić information content (AvgIpc) is 2.70. The van der Waals surface area contributed by atoms with E-state index in [1.807, 2.05) is 6.92 Å². The van der Waals surface area contributed by atoms with Gasteiger partial charge in [-0.3, -0.25) is 9.59 Å². The number of nitrogens with zero attached hydrogens (tertiary/aromatic N) is 1. The number of hydrogen-bond acceptors (Lipinski definition) is 6. The van der Waals surface area contributed by atoms with Gasteiger partial charge in [-0.15, -0.1) is 11.8 Å². The van der Waals surface area contributed by atoms with Crippen molar-refractivity contribution in [1.82, 2.24) is 4.90 Å². The normalized spacial score (nSPS) is 20.6. The van der Waals surface area contributed by atoms with E-state index in [0.717, 1.165) is 10.7 Å². The van der Waals surface area contributed by atoms with E-state index in [9.17, 15) is 14.4 Å². The maximum Gasteiger partial charge on any atom is 0.358 e. The van der Waals surface area contributed by atoms with Crippen molar-refractivity contribution >= 4 is 29.6 Å². The van der Waals surface area contributed by atoms with E-state index < -0.39 is 24.1 Å². The van der Waals surface area contributed by atoms with Gasteiger partial charge in [-0.2, -0.15) is 0 Å². The largest absolute Gasteiger partial charge is 0.427 e. The third-order valence-electron chi connectivity index (χ3n) is 3.47. The van der Waals surface area contributed by atoms with Crippen LogP contribution < -0.4 is 0 Å². The standard InChI is InChI=1S/C15H21NO5S/c1-5-22-10-6-9-7-11(17)16(9)12(10)13(18)20-8-21-14(19)15(2,3)4/h9H,5-8H2,1-4H3. The number of thioether (sulfide) groups is 1. The van der Waals surface area contributed by atoms with Crippen LogP contribution in [0.25, 0.3) is 0 Å². The van der Waals surface area contributed by atoms with Crippen molar-refractivity contribution in [1.29, 1.82) is 0 Å². The summed E-state index contributed by atoms with van der Waals surface area (Å²) in [5, 5.41) is 0. The Hall–Kier alpha value is -1.50. The van der Waals surface area contributed by atoms with Gasteiger partial charge in [0, 0.05) is 17.7 Å². The molecule has 0 aromatic heterocycles. The Bertz CT molecular complexity index is 535. The fourth-order valence-corrected chi connectivity index (χ4v) is 3.31. The first-order valence-corrected chi connectivity index (χ1v) is 8.26. The second-order valence-corrected chi connectivity index (χ2v) is 7.62. The van der Waals surface area contributed by atoms with Crippen molar-refractivity contribution in [3.05, 3.63) is 10.6 Å². The molecule has 2 heterocycles. The van der Waals surface area contributed by atoms with Gasteiger partial charge in [0.1, 0.15) is 5.70 Å². The molecular formula is C15H21NO5S. The molecule has 0 bridgehead atoms. The summed E-state index contributed by atoms with van der Waals surface area (Å²) in [5.74, 6) is -0.287. The predicted octanol–water partition coefficient (Wildman–Crippen LogP) is 2.05. The van der Waals surface area contributed by atoms with E-state index in [-0.39, 0.29) is 11.9 Å². The van der Waals surface area contributed by atoms with Crippen molar-refractivity contribution in [3.63, 3.8) is 0 Å². The molecule has 0 aromatic carbocycles. The number of carbonyl (C=O) groups is 3. The average molecular weight is 327 g/mol. The highest BCUT2D eigenvalue weighted by Gasteiger charge is 2.48. The Balaban J connectivity index is 1.97. The molecule has 0 radical (unpaired) electrons. The minimum Gasteiger partial charge on any atom is -0.427 e. The molecule has 0 aliphatic carbocycles. The van der Waals surface area contributed by atoms with E-state index in [2.05, 4.69) is 0 Å². The minimum atomic E-state index is -0.652. The summed E-state index contributed by atoms with van der Waals surface area (Å²) in [6, 6.07) is 0.0845. The number of β-lactam (4-membered cyclic amide) rings is 1. The molecule has 22 heavy (non-hydrogen) atoms. The summed E-state index contributed by atoms with van der Waals surface area (Å²) in [6.45, 7) is 6.71. The number of hydrogen-bond donors (Lipinski definition) is 0. The summed E-state index contributed by atoms with van der Waals surface area (Å²) in [4.78, 5) is 37.9. The molecule has 0 aromatic rings. The number of rotatable bonds is 5. The molecule has 1 amide bonds. The van der Waals surface area contributed by atoms with Crippen molar-refractivity contribution in [2.24, 2.45) is 5.41 Å². The van der Waals surface area contributed by atoms with Gasteiger partial charge in [-0.05, 0) is 26.5 Å². The lowest BCUT2D eigenvalue weighted by atomic mass is 9.98. The summed E-state index contributed by atoms with van der Waals surface area (Å²) < 4.78 is 9.95. The molecule has 2 rings (SSSR count). The van der Waals surface area contributed by atoms with Crippen LogP contribution in [-0.4, -0.2) is 41.3 Å². The van der Waals surface area contributed by atoms with Crippen LogP contribution in [-0.2, 0) is 23.9 Å². The van der Waals surface area contributed by atoms with Crippen LogP contribution in [0.5, 0.6) is 0 Å². The van der Waals surface area contributed by atoms with Crippen LogP contribution in [0.2, 0.25) is 0 Å². The van der Waals surface area contributed by atoms with Crippen LogP contribution >= 0.6 is 11.8 Å². The molecule has 0 spiro atoms. The predicted molar refractivity (Wildman–Crippen MR) is 81.5 cm³/mol. The van der Waals surface area contributed by atoms with Crippen molar-refractivity contribution in [3.8, 4) is 0 Å². The topological polar surface area (TPSA) is 72.9 Å². The van der Waals surface area contributed by atoms with Crippen LogP contribution in [0.15, 0.2) is 10.6 Å². The van der Waals surface area contributed by atoms with E-state index in [0.29, 0.717) is 18.5 Å². The number of ether oxygens (including phenoxy) is 2. The van der Waals surface area contributed by atoms with E-state index in [1.54, 1.807) is 32.5 Å². The first-order valence-electron chi connectivity index (χ1n) is 7.28. The van der Waals surface area contributed by atoms with Gasteiger partial charge in [0.05, 0.1) is 11.5 Å². The molecule has 1 saturated heterocycles. The monoisotopic (exact) mass is 327 g/mol. The zero-order valence-electron chi connectivity index (χ0n) is 13.3. The maximum absolute atomic E-state index is 12.2. The van der Waals surface area contributed by atoms with Crippen molar-refractivity contribution < 1.29 is 23.9 Å². The first-order chi connectivity index (χ1) is 10.3. The van der Waals surface area contributed by atoms with Crippen LogP contribution in [0, 0.1) is 5.41 Å². The SMILES string of the molecule is CCSC1=C(C(=O)OCOC(=O)C(C)(C)C)N2C(=O)CC2C1. The number of fused-ring (bicyclic) bond motifs is 1. The lowest BCUT2D eigenvalue weighted by Gasteiger charge is -2.35. The highest BCUT2D eigenvalue weighted by molar-refractivity contribution is 8.03. The third kappa shape index (κ3) is 3.29. The first kappa shape index (κ1) is 16.9. The van der Waals surface area contributed by atoms with E-state index in [4.69, 9.17) is 9.47 Å². The van der Waals surface area contributed by atoms with Gasteiger partial charge in [0.25, 0.3) is 0 Å². The molecular weight excluding hydrogens is 306 g/mol. The fourth-order valence-electron chi connectivity index (χ4n) is 2.33. The summed E-state index contributed by atoms with van der Waals surface area (Å²) >= 11 is 1.55. The van der Waals surface area contributed by atoms with Crippen molar-refractivity contribution in [2.45, 2.75) is 46.6 Å². The fraction of sp³-hybridized carbons (Fsp3) is 0.667. The Morgan fingerprint density at radius 3 is 2.50 bits per heavy atom. The zero-order valence-corrected chi connectivity index (χ0v) is 14.1. The van der Waals surface area contributed by atoms with Gasteiger partial charge < -0.3 is 14.4 Å². The molecule has 1 atom stereocenters. The van der Waals surface area contributed by atoms with Gasteiger partial charge in [0.2, 0.25) is 12.7 Å². The Morgan fingerprint density at radius 1 is 1.27 bits per heavy atom. The van der Waals surface area contributed by atoms with Crippen LogP contribution in [0.3, 0.4) is 0 Å². The molecule has 2 aliphatic rings.